The Morgan fingerprint density at radius 1 is 1.15 bits per heavy atom. The fourth-order valence-electron chi connectivity index (χ4n) is 3.67. The number of nitrogens with zero attached hydrogens (tertiary/aromatic N) is 1. The number of hydrazine groups is 1. The number of rotatable bonds is 5. The number of likely N-dealkylation sites (tertiary alicyclic amines) is 1. The van der Waals surface area contributed by atoms with E-state index in [4.69, 9.17) is 9.47 Å². The van der Waals surface area contributed by atoms with Crippen molar-refractivity contribution in [2.45, 2.75) is 44.7 Å². The Morgan fingerprint density at radius 2 is 1.88 bits per heavy atom. The number of hydrogen-bond acceptors (Lipinski definition) is 5. The first-order valence-corrected chi connectivity index (χ1v) is 9.35. The molecule has 7 heteroatoms. The van der Waals surface area contributed by atoms with E-state index < -0.39 is 0 Å². The first kappa shape index (κ1) is 18.7. The first-order chi connectivity index (χ1) is 12.7. The Balaban J connectivity index is 1.51. The van der Waals surface area contributed by atoms with Crippen molar-refractivity contribution >= 4 is 11.8 Å². The third-order valence-electron chi connectivity index (χ3n) is 4.98. The lowest BCUT2D eigenvalue weighted by Crippen LogP contribution is -2.53. The highest BCUT2D eigenvalue weighted by molar-refractivity contribution is 5.96. The fraction of sp³-hybridized carbons (Fsp3) is 0.579. The van der Waals surface area contributed by atoms with Gasteiger partial charge < -0.3 is 9.47 Å². The molecule has 0 aliphatic carbocycles. The summed E-state index contributed by atoms with van der Waals surface area (Å²) in [5, 5.41) is 0. The van der Waals surface area contributed by atoms with E-state index in [2.05, 4.69) is 15.8 Å². The van der Waals surface area contributed by atoms with Gasteiger partial charge in [0.25, 0.3) is 11.8 Å². The van der Waals surface area contributed by atoms with Crippen molar-refractivity contribution in [2.24, 2.45) is 0 Å². The van der Waals surface area contributed by atoms with E-state index in [9.17, 15) is 9.59 Å². The van der Waals surface area contributed by atoms with Crippen LogP contribution in [-0.4, -0.2) is 55.2 Å². The first-order valence-electron chi connectivity index (χ1n) is 9.35. The highest BCUT2D eigenvalue weighted by Crippen LogP contribution is 2.25. The van der Waals surface area contributed by atoms with Crippen LogP contribution in [0.4, 0.5) is 0 Å². The molecule has 1 atom stereocenters. The minimum atomic E-state index is -0.336. The van der Waals surface area contributed by atoms with Gasteiger partial charge in [0.2, 0.25) is 0 Å². The molecule has 26 heavy (non-hydrogen) atoms. The molecule has 2 aliphatic heterocycles. The number of ether oxygens (including phenoxy) is 2. The lowest BCUT2D eigenvalue weighted by atomic mass is 10.1. The SMILES string of the molecule is CCOc1ccc(C(=O)NNC(=O)[C@H]2CCCN2C2CCOCC2)cc1. The maximum Gasteiger partial charge on any atom is 0.269 e. The lowest BCUT2D eigenvalue weighted by molar-refractivity contribution is -0.127. The van der Waals surface area contributed by atoms with E-state index in [0.29, 0.717) is 24.0 Å². The van der Waals surface area contributed by atoms with Gasteiger partial charge in [-0.15, -0.1) is 0 Å². The summed E-state index contributed by atoms with van der Waals surface area (Å²) in [6.07, 6.45) is 3.75. The molecule has 2 fully saturated rings. The Labute approximate surface area is 154 Å². The molecule has 0 saturated carbocycles. The highest BCUT2D eigenvalue weighted by Gasteiger charge is 2.36. The van der Waals surface area contributed by atoms with Crippen molar-refractivity contribution in [3.63, 3.8) is 0 Å². The van der Waals surface area contributed by atoms with Crippen LogP contribution in [-0.2, 0) is 9.53 Å². The van der Waals surface area contributed by atoms with Crippen molar-refractivity contribution in [3.8, 4) is 5.75 Å². The van der Waals surface area contributed by atoms with Gasteiger partial charge in [-0.3, -0.25) is 25.3 Å². The van der Waals surface area contributed by atoms with Crippen LogP contribution in [0.25, 0.3) is 0 Å². The molecule has 2 N–H and O–H groups in total. The van der Waals surface area contributed by atoms with E-state index >= 15 is 0 Å². The van der Waals surface area contributed by atoms with Crippen LogP contribution in [0.2, 0.25) is 0 Å². The average molecular weight is 361 g/mol. The van der Waals surface area contributed by atoms with Gasteiger partial charge in [0.05, 0.1) is 12.6 Å². The van der Waals surface area contributed by atoms with Gasteiger partial charge in [-0.25, -0.2) is 0 Å². The maximum atomic E-state index is 12.6. The summed E-state index contributed by atoms with van der Waals surface area (Å²) in [7, 11) is 0. The summed E-state index contributed by atoms with van der Waals surface area (Å²) in [5.41, 5.74) is 5.58. The van der Waals surface area contributed by atoms with Gasteiger partial charge >= 0.3 is 0 Å². The van der Waals surface area contributed by atoms with Crippen molar-refractivity contribution in [1.82, 2.24) is 15.8 Å². The number of carbonyl (C=O) groups excluding carboxylic acids is 2. The molecule has 0 aromatic heterocycles. The van der Waals surface area contributed by atoms with Gasteiger partial charge in [-0.05, 0) is 63.4 Å². The summed E-state index contributed by atoms with van der Waals surface area (Å²) in [4.78, 5) is 27.0. The highest BCUT2D eigenvalue weighted by atomic mass is 16.5. The second kappa shape index (κ2) is 9.00. The van der Waals surface area contributed by atoms with Crippen LogP contribution in [0.3, 0.4) is 0 Å². The predicted octanol–water partition coefficient (Wildman–Crippen LogP) is 1.49. The Kier molecular flexibility index (Phi) is 6.46. The van der Waals surface area contributed by atoms with E-state index in [1.165, 1.54) is 0 Å². The van der Waals surface area contributed by atoms with Crippen LogP contribution in [0.5, 0.6) is 5.75 Å². The zero-order chi connectivity index (χ0) is 18.4. The second-order valence-corrected chi connectivity index (χ2v) is 6.64. The number of carbonyl (C=O) groups is 2. The molecular weight excluding hydrogens is 334 g/mol. The van der Waals surface area contributed by atoms with Crippen molar-refractivity contribution in [2.75, 3.05) is 26.4 Å². The summed E-state index contributed by atoms with van der Waals surface area (Å²) >= 11 is 0. The van der Waals surface area contributed by atoms with Crippen molar-refractivity contribution < 1.29 is 19.1 Å². The smallest absolute Gasteiger partial charge is 0.269 e. The Bertz CT molecular complexity index is 614. The normalized spacial score (nSPS) is 21.3. The molecule has 2 saturated heterocycles. The topological polar surface area (TPSA) is 79.9 Å². The van der Waals surface area contributed by atoms with Gasteiger partial charge in [-0.1, -0.05) is 0 Å². The summed E-state index contributed by atoms with van der Waals surface area (Å²) in [5.74, 6) is 0.233. The molecule has 0 spiro atoms. The molecule has 0 radical (unpaired) electrons. The zero-order valence-corrected chi connectivity index (χ0v) is 15.2. The minimum Gasteiger partial charge on any atom is -0.494 e. The molecule has 1 aromatic rings. The molecular formula is C19H27N3O4. The predicted molar refractivity (Wildman–Crippen MR) is 96.8 cm³/mol. The average Bonchev–Trinajstić information content (AvgIpc) is 3.17. The lowest BCUT2D eigenvalue weighted by Gasteiger charge is -2.34. The van der Waals surface area contributed by atoms with Crippen molar-refractivity contribution in [1.29, 1.82) is 0 Å². The van der Waals surface area contributed by atoms with Crippen LogP contribution in [0.15, 0.2) is 24.3 Å². The van der Waals surface area contributed by atoms with Crippen molar-refractivity contribution in [3.05, 3.63) is 29.8 Å². The van der Waals surface area contributed by atoms with Crippen LogP contribution < -0.4 is 15.6 Å². The molecule has 2 amide bonds. The molecule has 0 bridgehead atoms. The third kappa shape index (κ3) is 4.53. The number of amides is 2. The second-order valence-electron chi connectivity index (χ2n) is 6.64. The van der Waals surface area contributed by atoms with E-state index in [-0.39, 0.29) is 17.9 Å². The van der Waals surface area contributed by atoms with Gasteiger partial charge in [-0.2, -0.15) is 0 Å². The molecule has 2 heterocycles. The third-order valence-corrected chi connectivity index (χ3v) is 4.98. The monoisotopic (exact) mass is 361 g/mol. The molecule has 7 nitrogen and oxygen atoms in total. The maximum absolute atomic E-state index is 12.6. The van der Waals surface area contributed by atoms with E-state index in [1.807, 2.05) is 6.92 Å². The van der Waals surface area contributed by atoms with Crippen LogP contribution in [0.1, 0.15) is 43.0 Å². The van der Waals surface area contributed by atoms with Gasteiger partial charge in [0.15, 0.2) is 0 Å². The van der Waals surface area contributed by atoms with Crippen LogP contribution >= 0.6 is 0 Å². The summed E-state index contributed by atoms with van der Waals surface area (Å²) in [6, 6.07) is 7.04. The van der Waals surface area contributed by atoms with E-state index in [0.717, 1.165) is 45.4 Å². The van der Waals surface area contributed by atoms with Crippen LogP contribution in [0, 0.1) is 0 Å². The molecule has 2 aliphatic rings. The van der Waals surface area contributed by atoms with E-state index in [1.54, 1.807) is 24.3 Å². The van der Waals surface area contributed by atoms with Gasteiger partial charge in [0.1, 0.15) is 5.75 Å². The minimum absolute atomic E-state index is 0.145. The molecule has 142 valence electrons. The molecule has 3 rings (SSSR count). The number of hydrogen-bond donors (Lipinski definition) is 2. The summed E-state index contributed by atoms with van der Waals surface area (Å²) in [6.45, 7) is 4.92. The summed E-state index contributed by atoms with van der Waals surface area (Å²) < 4.78 is 10.8. The van der Waals surface area contributed by atoms with Gasteiger partial charge in [0, 0.05) is 24.8 Å². The zero-order valence-electron chi connectivity index (χ0n) is 15.2. The standard InChI is InChI=1S/C19H27N3O4/c1-2-26-16-7-5-14(6-8-16)18(23)20-21-19(24)17-4-3-11-22(17)15-9-12-25-13-10-15/h5-8,15,17H,2-4,9-13H2,1H3,(H,20,23)(H,21,24)/t17-/m1/s1. The molecule has 1 aromatic carbocycles. The quantitative estimate of drug-likeness (QED) is 0.777. The Hall–Kier alpha value is -2.12. The molecule has 0 unspecified atom stereocenters. The number of benzene rings is 1. The fourth-order valence-corrected chi connectivity index (χ4v) is 3.67. The number of nitrogens with one attached hydrogen (secondary N) is 2. The Morgan fingerprint density at radius 3 is 2.58 bits per heavy atom. The largest absolute Gasteiger partial charge is 0.494 e.